The summed E-state index contributed by atoms with van der Waals surface area (Å²) in [6, 6.07) is 0. The van der Waals surface area contributed by atoms with Crippen LogP contribution in [0.4, 0.5) is 0 Å². The van der Waals surface area contributed by atoms with Gasteiger partial charge >= 0.3 is 0 Å². The highest BCUT2D eigenvalue weighted by Gasteiger charge is 2.46. The Hall–Kier alpha value is -0.780. The Morgan fingerprint density at radius 3 is 2.83 bits per heavy atom. The number of hydrogen-bond donors (Lipinski definition) is 0. The molecule has 23 heavy (non-hydrogen) atoms. The van der Waals surface area contributed by atoms with Crippen molar-refractivity contribution < 1.29 is 0 Å². The normalized spacial score (nSPS) is 46.8. The van der Waals surface area contributed by atoms with E-state index in [4.69, 9.17) is 0 Å². The van der Waals surface area contributed by atoms with E-state index in [1.165, 1.54) is 57.8 Å². The molecule has 0 aliphatic heterocycles. The average molecular weight is 311 g/mol. The van der Waals surface area contributed by atoms with Crippen molar-refractivity contribution in [3.05, 3.63) is 34.9 Å². The maximum Gasteiger partial charge on any atom is -0.0143 e. The summed E-state index contributed by atoms with van der Waals surface area (Å²) in [6.07, 6.45) is 20.2. The molecule has 0 N–H and O–H groups in total. The van der Waals surface area contributed by atoms with Gasteiger partial charge < -0.3 is 0 Å². The summed E-state index contributed by atoms with van der Waals surface area (Å²) in [5.74, 6) is 3.48. The Morgan fingerprint density at radius 2 is 1.96 bits per heavy atom. The van der Waals surface area contributed by atoms with Crippen molar-refractivity contribution in [1.29, 1.82) is 0 Å². The maximum atomic E-state index is 2.58. The van der Waals surface area contributed by atoms with Crippen molar-refractivity contribution in [1.82, 2.24) is 0 Å². The van der Waals surface area contributed by atoms with Gasteiger partial charge in [0.2, 0.25) is 0 Å². The zero-order chi connectivity index (χ0) is 16.0. The molecule has 0 bridgehead atoms. The zero-order valence-corrected chi connectivity index (χ0v) is 15.4. The molecule has 3 saturated carbocycles. The summed E-state index contributed by atoms with van der Waals surface area (Å²) in [5.41, 5.74) is 5.90. The summed E-state index contributed by atoms with van der Waals surface area (Å²) < 4.78 is 0. The summed E-state index contributed by atoms with van der Waals surface area (Å²) in [6.45, 7) is 7.52. The van der Waals surface area contributed by atoms with E-state index in [-0.39, 0.29) is 0 Å². The highest BCUT2D eigenvalue weighted by atomic mass is 14.5. The molecule has 0 aromatic carbocycles. The average Bonchev–Trinajstić information content (AvgIpc) is 3.11. The van der Waals surface area contributed by atoms with Gasteiger partial charge in [-0.15, -0.1) is 0 Å². The second-order valence-electron chi connectivity index (χ2n) is 9.24. The second kappa shape index (κ2) is 5.94. The minimum Gasteiger partial charge on any atom is -0.0847 e. The Balaban J connectivity index is 1.53. The van der Waals surface area contributed by atoms with Crippen LogP contribution < -0.4 is 0 Å². The lowest BCUT2D eigenvalue weighted by atomic mass is 9.64. The fourth-order valence-corrected chi connectivity index (χ4v) is 6.38. The predicted octanol–water partition coefficient (Wildman–Crippen LogP) is 6.84. The largest absolute Gasteiger partial charge is 0.0847 e. The van der Waals surface area contributed by atoms with Crippen LogP contribution in [-0.2, 0) is 0 Å². The molecule has 4 aliphatic rings. The van der Waals surface area contributed by atoms with Gasteiger partial charge in [0.1, 0.15) is 0 Å². The monoisotopic (exact) mass is 310 g/mol. The first-order chi connectivity index (χ1) is 11.1. The van der Waals surface area contributed by atoms with E-state index in [9.17, 15) is 0 Å². The van der Waals surface area contributed by atoms with E-state index < -0.39 is 0 Å². The molecule has 4 aliphatic carbocycles. The van der Waals surface area contributed by atoms with Crippen molar-refractivity contribution in [2.75, 3.05) is 0 Å². The van der Waals surface area contributed by atoms with Crippen LogP contribution in [0.25, 0.3) is 0 Å². The molecular weight excluding hydrogens is 276 g/mol. The first-order valence-electron chi connectivity index (χ1n) is 10.2. The molecule has 0 heterocycles. The number of allylic oxidation sites excluding steroid dienone is 6. The lowest BCUT2D eigenvalue weighted by molar-refractivity contribution is 0.147. The minimum atomic E-state index is 0.601. The highest BCUT2D eigenvalue weighted by Crippen LogP contribution is 2.57. The zero-order valence-electron chi connectivity index (χ0n) is 15.4. The molecule has 0 aromatic heterocycles. The standard InChI is InChI=1S/C23H34/c1-16-14-18(15-20-6-4-8-21(16)20)10-11-19-7-5-13-23(3)17(2)9-12-22(19)23/h8,10-11,16-17,20,22H,4-7,9,12-15H2,1-3H3/b18-10-,19-11+/t16-,17?,20+,22?,23-/m1/s1. The Morgan fingerprint density at radius 1 is 1.09 bits per heavy atom. The molecule has 0 spiro atoms. The number of fused-ring (bicyclic) bond motifs is 2. The van der Waals surface area contributed by atoms with Crippen LogP contribution in [-0.4, -0.2) is 0 Å². The Kier molecular flexibility index (Phi) is 4.06. The van der Waals surface area contributed by atoms with Crippen LogP contribution in [0.2, 0.25) is 0 Å². The predicted molar refractivity (Wildman–Crippen MR) is 99.2 cm³/mol. The SMILES string of the molecule is CC1CCC2/C(=C/C=C3\C[C@@H]4CCC=C4[C@H](C)C3)CCC[C@]12C. The van der Waals surface area contributed by atoms with E-state index in [1.807, 2.05) is 0 Å². The Labute approximate surface area is 143 Å². The molecule has 0 nitrogen and oxygen atoms in total. The Bertz CT molecular complexity index is 561. The molecule has 2 unspecified atom stereocenters. The third kappa shape index (κ3) is 2.67. The van der Waals surface area contributed by atoms with Gasteiger partial charge in [0, 0.05) is 0 Å². The van der Waals surface area contributed by atoms with Crippen LogP contribution in [0.15, 0.2) is 34.9 Å². The van der Waals surface area contributed by atoms with Crippen molar-refractivity contribution in [2.45, 2.75) is 78.6 Å². The summed E-state index contributed by atoms with van der Waals surface area (Å²) in [4.78, 5) is 0. The van der Waals surface area contributed by atoms with E-state index in [1.54, 1.807) is 16.7 Å². The smallest absolute Gasteiger partial charge is 0.0143 e. The van der Waals surface area contributed by atoms with E-state index in [0.717, 1.165) is 23.7 Å². The quantitative estimate of drug-likeness (QED) is 0.465. The summed E-state index contributed by atoms with van der Waals surface area (Å²) in [7, 11) is 0. The first-order valence-corrected chi connectivity index (χ1v) is 10.2. The number of rotatable bonds is 1. The fraction of sp³-hybridized carbons (Fsp3) is 0.739. The third-order valence-electron chi connectivity index (χ3n) is 7.98. The lowest BCUT2D eigenvalue weighted by Gasteiger charge is -2.41. The highest BCUT2D eigenvalue weighted by molar-refractivity contribution is 5.30. The van der Waals surface area contributed by atoms with Crippen LogP contribution in [0.3, 0.4) is 0 Å². The van der Waals surface area contributed by atoms with Gasteiger partial charge in [0.15, 0.2) is 0 Å². The molecule has 0 aromatic rings. The van der Waals surface area contributed by atoms with Gasteiger partial charge in [-0.05, 0) is 86.9 Å². The maximum absolute atomic E-state index is 2.58. The topological polar surface area (TPSA) is 0 Å². The van der Waals surface area contributed by atoms with Crippen molar-refractivity contribution in [3.8, 4) is 0 Å². The van der Waals surface area contributed by atoms with Crippen LogP contribution in [0, 0.1) is 29.1 Å². The van der Waals surface area contributed by atoms with Gasteiger partial charge in [-0.2, -0.15) is 0 Å². The van der Waals surface area contributed by atoms with E-state index >= 15 is 0 Å². The van der Waals surface area contributed by atoms with Gasteiger partial charge in [0.05, 0.1) is 0 Å². The molecule has 0 heteroatoms. The molecule has 0 saturated heterocycles. The molecule has 0 radical (unpaired) electrons. The number of hydrogen-bond acceptors (Lipinski definition) is 0. The van der Waals surface area contributed by atoms with E-state index in [0.29, 0.717) is 5.41 Å². The van der Waals surface area contributed by atoms with Crippen molar-refractivity contribution >= 4 is 0 Å². The summed E-state index contributed by atoms with van der Waals surface area (Å²) in [5, 5.41) is 0. The van der Waals surface area contributed by atoms with Crippen molar-refractivity contribution in [3.63, 3.8) is 0 Å². The van der Waals surface area contributed by atoms with Crippen molar-refractivity contribution in [2.24, 2.45) is 29.1 Å². The molecule has 5 atom stereocenters. The minimum absolute atomic E-state index is 0.601. The van der Waals surface area contributed by atoms with Gasteiger partial charge in [-0.3, -0.25) is 0 Å². The van der Waals surface area contributed by atoms with Gasteiger partial charge in [-0.1, -0.05) is 55.7 Å². The lowest BCUT2D eigenvalue weighted by Crippen LogP contribution is -2.31. The second-order valence-corrected chi connectivity index (χ2v) is 9.24. The first kappa shape index (κ1) is 15.7. The molecule has 0 amide bonds. The van der Waals surface area contributed by atoms with Gasteiger partial charge in [0.25, 0.3) is 0 Å². The molecule has 126 valence electrons. The van der Waals surface area contributed by atoms with E-state index in [2.05, 4.69) is 39.0 Å². The van der Waals surface area contributed by atoms with Gasteiger partial charge in [-0.25, -0.2) is 0 Å². The molecule has 4 rings (SSSR count). The van der Waals surface area contributed by atoms with Crippen LogP contribution >= 0.6 is 0 Å². The summed E-state index contributed by atoms with van der Waals surface area (Å²) >= 11 is 0. The van der Waals surface area contributed by atoms with Crippen LogP contribution in [0.5, 0.6) is 0 Å². The third-order valence-corrected chi connectivity index (χ3v) is 7.98. The van der Waals surface area contributed by atoms with Crippen LogP contribution in [0.1, 0.15) is 78.6 Å². The molecule has 3 fully saturated rings. The molecular formula is C23H34. The fourth-order valence-electron chi connectivity index (χ4n) is 6.38.